The van der Waals surface area contributed by atoms with Crippen LogP contribution < -0.4 is 5.73 Å². The third-order valence-electron chi connectivity index (χ3n) is 2.45. The SMILES string of the molecule is Cc1ccc(C)c(-c2nc(CN)sc2Br)c1. The van der Waals surface area contributed by atoms with Crippen molar-refractivity contribution in [1.82, 2.24) is 4.98 Å². The van der Waals surface area contributed by atoms with Gasteiger partial charge in [0.25, 0.3) is 0 Å². The van der Waals surface area contributed by atoms with Crippen LogP contribution in [0.3, 0.4) is 0 Å². The molecule has 2 N–H and O–H groups in total. The van der Waals surface area contributed by atoms with Crippen molar-refractivity contribution in [2.75, 3.05) is 0 Å². The molecule has 1 aromatic heterocycles. The lowest BCUT2D eigenvalue weighted by atomic mass is 10.0. The molecule has 16 heavy (non-hydrogen) atoms. The molecule has 0 saturated carbocycles. The van der Waals surface area contributed by atoms with E-state index in [0.29, 0.717) is 6.54 Å². The molecule has 0 bridgehead atoms. The minimum Gasteiger partial charge on any atom is -0.325 e. The van der Waals surface area contributed by atoms with Gasteiger partial charge in [0.1, 0.15) is 5.01 Å². The number of halogens is 1. The van der Waals surface area contributed by atoms with Crippen LogP contribution >= 0.6 is 27.3 Å². The van der Waals surface area contributed by atoms with Crippen LogP contribution in [-0.2, 0) is 6.54 Å². The second kappa shape index (κ2) is 4.65. The van der Waals surface area contributed by atoms with Gasteiger partial charge in [0, 0.05) is 12.1 Å². The highest BCUT2D eigenvalue weighted by atomic mass is 79.9. The van der Waals surface area contributed by atoms with Crippen LogP contribution in [0, 0.1) is 13.8 Å². The van der Waals surface area contributed by atoms with Gasteiger partial charge in [-0.05, 0) is 41.4 Å². The van der Waals surface area contributed by atoms with Gasteiger partial charge < -0.3 is 5.73 Å². The molecule has 2 nitrogen and oxygen atoms in total. The van der Waals surface area contributed by atoms with E-state index in [-0.39, 0.29) is 0 Å². The van der Waals surface area contributed by atoms with Crippen molar-refractivity contribution in [3.8, 4) is 11.3 Å². The Morgan fingerprint density at radius 2 is 2.12 bits per heavy atom. The molecule has 2 aromatic rings. The molecule has 0 atom stereocenters. The summed E-state index contributed by atoms with van der Waals surface area (Å²) < 4.78 is 1.06. The molecule has 0 fully saturated rings. The first kappa shape index (κ1) is 11.8. The number of aryl methyl sites for hydroxylation is 2. The minimum absolute atomic E-state index is 0.494. The molecule has 0 radical (unpaired) electrons. The van der Waals surface area contributed by atoms with E-state index in [0.717, 1.165) is 14.5 Å². The van der Waals surface area contributed by atoms with E-state index in [2.05, 4.69) is 53.0 Å². The lowest BCUT2D eigenvalue weighted by Crippen LogP contribution is -1.95. The lowest BCUT2D eigenvalue weighted by Gasteiger charge is -2.04. The Hall–Kier alpha value is -0.710. The maximum absolute atomic E-state index is 5.61. The summed E-state index contributed by atoms with van der Waals surface area (Å²) in [6, 6.07) is 6.40. The number of nitrogens with two attached hydrogens (primary N) is 1. The number of aromatic nitrogens is 1. The molecule has 1 aromatic carbocycles. The van der Waals surface area contributed by atoms with Gasteiger partial charge in [-0.3, -0.25) is 0 Å². The molecular weight excluding hydrogens is 284 g/mol. The van der Waals surface area contributed by atoms with Gasteiger partial charge in [-0.1, -0.05) is 17.7 Å². The molecule has 4 heteroatoms. The number of hydrogen-bond acceptors (Lipinski definition) is 3. The fraction of sp³-hybridized carbons (Fsp3) is 0.250. The van der Waals surface area contributed by atoms with Crippen molar-refractivity contribution in [3.63, 3.8) is 0 Å². The van der Waals surface area contributed by atoms with Crippen molar-refractivity contribution in [2.45, 2.75) is 20.4 Å². The van der Waals surface area contributed by atoms with Gasteiger partial charge in [0.15, 0.2) is 0 Å². The standard InChI is InChI=1S/C12H13BrN2S/c1-7-3-4-8(2)9(5-7)11-12(13)16-10(6-14)15-11/h3-5H,6,14H2,1-2H3. The Bertz CT molecular complexity index is 520. The third kappa shape index (κ3) is 2.19. The van der Waals surface area contributed by atoms with Crippen LogP contribution in [0.2, 0.25) is 0 Å². The molecule has 0 saturated heterocycles. The topological polar surface area (TPSA) is 38.9 Å². The van der Waals surface area contributed by atoms with Gasteiger partial charge in [-0.2, -0.15) is 0 Å². The Balaban J connectivity index is 2.57. The quantitative estimate of drug-likeness (QED) is 0.919. The molecule has 1 heterocycles. The summed E-state index contributed by atoms with van der Waals surface area (Å²) in [5.41, 5.74) is 10.3. The number of rotatable bonds is 2. The fourth-order valence-corrected chi connectivity index (χ4v) is 3.13. The van der Waals surface area contributed by atoms with Crippen LogP contribution in [0.15, 0.2) is 22.0 Å². The summed E-state index contributed by atoms with van der Waals surface area (Å²) in [5, 5.41) is 0.961. The molecule has 0 amide bonds. The Kier molecular flexibility index (Phi) is 3.42. The fourth-order valence-electron chi connectivity index (χ4n) is 1.59. The molecule has 0 unspecified atom stereocenters. The van der Waals surface area contributed by atoms with E-state index in [1.165, 1.54) is 16.7 Å². The predicted molar refractivity (Wildman–Crippen MR) is 72.6 cm³/mol. The summed E-state index contributed by atoms with van der Waals surface area (Å²) in [4.78, 5) is 4.55. The molecule has 2 rings (SSSR count). The zero-order valence-corrected chi connectivity index (χ0v) is 11.7. The second-order valence-electron chi connectivity index (χ2n) is 3.75. The molecule has 84 valence electrons. The first-order valence-electron chi connectivity index (χ1n) is 5.04. The van der Waals surface area contributed by atoms with Crippen molar-refractivity contribution >= 4 is 27.3 Å². The van der Waals surface area contributed by atoms with Gasteiger partial charge in [0.2, 0.25) is 0 Å². The van der Waals surface area contributed by atoms with E-state index in [9.17, 15) is 0 Å². The highest BCUT2D eigenvalue weighted by molar-refractivity contribution is 9.11. The number of thiazole rings is 1. The summed E-state index contributed by atoms with van der Waals surface area (Å²) in [7, 11) is 0. The highest BCUT2D eigenvalue weighted by Gasteiger charge is 2.12. The first-order valence-corrected chi connectivity index (χ1v) is 6.65. The summed E-state index contributed by atoms with van der Waals surface area (Å²) >= 11 is 5.16. The van der Waals surface area contributed by atoms with Crippen molar-refractivity contribution < 1.29 is 0 Å². The third-order valence-corrected chi connectivity index (χ3v) is 4.18. The van der Waals surface area contributed by atoms with E-state index < -0.39 is 0 Å². The van der Waals surface area contributed by atoms with E-state index in [4.69, 9.17) is 5.73 Å². The molecule has 0 aliphatic heterocycles. The summed E-state index contributed by atoms with van der Waals surface area (Å²) in [6.45, 7) is 4.68. The van der Waals surface area contributed by atoms with E-state index in [1.54, 1.807) is 11.3 Å². The minimum atomic E-state index is 0.494. The number of hydrogen-bond donors (Lipinski definition) is 1. The monoisotopic (exact) mass is 296 g/mol. The second-order valence-corrected chi connectivity index (χ2v) is 6.15. The maximum atomic E-state index is 5.61. The van der Waals surface area contributed by atoms with E-state index >= 15 is 0 Å². The molecule has 0 aliphatic rings. The van der Waals surface area contributed by atoms with Crippen LogP contribution in [-0.4, -0.2) is 4.98 Å². The number of benzene rings is 1. The largest absolute Gasteiger partial charge is 0.325 e. The lowest BCUT2D eigenvalue weighted by molar-refractivity contribution is 1.04. The Morgan fingerprint density at radius 3 is 2.75 bits per heavy atom. The first-order chi connectivity index (χ1) is 7.61. The number of nitrogens with zero attached hydrogens (tertiary/aromatic N) is 1. The maximum Gasteiger partial charge on any atom is 0.108 e. The van der Waals surface area contributed by atoms with Gasteiger partial charge in [-0.25, -0.2) is 4.98 Å². The zero-order valence-electron chi connectivity index (χ0n) is 9.25. The predicted octanol–water partition coefficient (Wildman–Crippen LogP) is 3.65. The van der Waals surface area contributed by atoms with Crippen molar-refractivity contribution in [1.29, 1.82) is 0 Å². The van der Waals surface area contributed by atoms with Crippen LogP contribution in [0.1, 0.15) is 16.1 Å². The molecular formula is C12H13BrN2S. The zero-order chi connectivity index (χ0) is 11.7. The van der Waals surface area contributed by atoms with Gasteiger partial charge in [0.05, 0.1) is 9.48 Å². The van der Waals surface area contributed by atoms with Crippen molar-refractivity contribution in [2.24, 2.45) is 5.73 Å². The Labute approximate surface area is 108 Å². The average Bonchev–Trinajstić information content (AvgIpc) is 2.63. The smallest absolute Gasteiger partial charge is 0.108 e. The summed E-state index contributed by atoms with van der Waals surface area (Å²) in [6.07, 6.45) is 0. The molecule has 0 aliphatic carbocycles. The van der Waals surface area contributed by atoms with Crippen LogP contribution in [0.5, 0.6) is 0 Å². The van der Waals surface area contributed by atoms with Crippen molar-refractivity contribution in [3.05, 3.63) is 38.1 Å². The van der Waals surface area contributed by atoms with E-state index in [1.807, 2.05) is 0 Å². The van der Waals surface area contributed by atoms with Crippen LogP contribution in [0.4, 0.5) is 0 Å². The highest BCUT2D eigenvalue weighted by Crippen LogP contribution is 2.34. The Morgan fingerprint density at radius 1 is 1.38 bits per heavy atom. The normalized spacial score (nSPS) is 10.8. The summed E-state index contributed by atoms with van der Waals surface area (Å²) in [5.74, 6) is 0. The van der Waals surface area contributed by atoms with Crippen LogP contribution in [0.25, 0.3) is 11.3 Å². The average molecular weight is 297 g/mol. The van der Waals surface area contributed by atoms with Gasteiger partial charge in [-0.15, -0.1) is 11.3 Å². The van der Waals surface area contributed by atoms with Gasteiger partial charge >= 0.3 is 0 Å². The molecule has 0 spiro atoms.